The first-order valence-corrected chi connectivity index (χ1v) is 20.9. The van der Waals surface area contributed by atoms with Crippen LogP contribution in [-0.4, -0.2) is 102 Å². The van der Waals surface area contributed by atoms with Crippen molar-refractivity contribution in [1.29, 1.82) is 0 Å². The Morgan fingerprint density at radius 1 is 0.683 bits per heavy atom. The molecule has 1 aromatic heterocycles. The van der Waals surface area contributed by atoms with Gasteiger partial charge in [0.1, 0.15) is 41.6 Å². The van der Waals surface area contributed by atoms with Crippen LogP contribution in [0.3, 0.4) is 0 Å². The van der Waals surface area contributed by atoms with Crippen molar-refractivity contribution >= 4 is 58.1 Å². The number of likely N-dealkylation sites (tertiary alicyclic amines) is 2. The second-order valence-electron chi connectivity index (χ2n) is 16.6. The highest BCUT2D eigenvalue weighted by Gasteiger charge is 2.41. The van der Waals surface area contributed by atoms with Crippen LogP contribution in [-0.2, 0) is 28.7 Å². The van der Waals surface area contributed by atoms with Crippen LogP contribution in [0.15, 0.2) is 60.7 Å². The van der Waals surface area contributed by atoms with Gasteiger partial charge in [0.2, 0.25) is 29.9 Å². The van der Waals surface area contributed by atoms with E-state index in [-0.39, 0.29) is 23.3 Å². The van der Waals surface area contributed by atoms with Crippen molar-refractivity contribution in [1.82, 2.24) is 25.0 Å². The fourth-order valence-electron chi connectivity index (χ4n) is 8.60. The molecule has 18 heteroatoms. The second-order valence-corrected chi connectivity index (χ2v) is 16.6. The number of hydrogen-bond acceptors (Lipinski definition) is 9. The molecule has 4 heterocycles. The first-order valence-electron chi connectivity index (χ1n) is 20.9. The van der Waals surface area contributed by atoms with E-state index >= 15 is 0 Å². The molecule has 3 aliphatic rings. The average Bonchev–Trinajstić information content (AvgIpc) is 4.02. The summed E-state index contributed by atoms with van der Waals surface area (Å²) < 4.78 is 47.2. The van der Waals surface area contributed by atoms with E-state index in [4.69, 9.17) is 14.2 Å². The van der Waals surface area contributed by atoms with Gasteiger partial charge in [-0.2, -0.15) is 0 Å². The van der Waals surface area contributed by atoms with E-state index in [9.17, 15) is 37.5 Å². The van der Waals surface area contributed by atoms with Gasteiger partial charge in [-0.1, -0.05) is 27.7 Å². The van der Waals surface area contributed by atoms with E-state index in [1.165, 1.54) is 36.2 Å². The molecule has 1 unspecified atom stereocenters. The van der Waals surface area contributed by atoms with E-state index in [1.807, 2.05) is 6.07 Å². The summed E-state index contributed by atoms with van der Waals surface area (Å²) in [5, 5.41) is 11.7. The van der Waals surface area contributed by atoms with E-state index in [0.29, 0.717) is 78.1 Å². The van der Waals surface area contributed by atoms with Crippen LogP contribution in [0.2, 0.25) is 0 Å². The summed E-state index contributed by atoms with van der Waals surface area (Å²) in [6.07, 6.45) is -0.558. The number of fused-ring (bicyclic) bond motifs is 5. The summed E-state index contributed by atoms with van der Waals surface area (Å²) >= 11 is 0. The molecule has 4 aromatic rings. The van der Waals surface area contributed by atoms with E-state index in [1.54, 1.807) is 68.7 Å². The Hall–Kier alpha value is -6.72. The van der Waals surface area contributed by atoms with Gasteiger partial charge in [0.25, 0.3) is 0 Å². The van der Waals surface area contributed by atoms with Gasteiger partial charge in [0, 0.05) is 53.1 Å². The minimum Gasteiger partial charge on any atom is -0.465 e. The molecule has 4 N–H and O–H groups in total. The lowest BCUT2D eigenvalue weighted by molar-refractivity contribution is -0.139. The van der Waals surface area contributed by atoms with E-state index in [2.05, 4.69) is 21.3 Å². The Morgan fingerprint density at radius 2 is 1.19 bits per heavy atom. The van der Waals surface area contributed by atoms with Crippen LogP contribution in [0.5, 0.6) is 5.75 Å². The van der Waals surface area contributed by atoms with Gasteiger partial charge in [-0.05, 0) is 86.1 Å². The zero-order chi connectivity index (χ0) is 45.3. The number of carbonyl (C=O) groups excluding carboxylic acids is 6. The molecule has 334 valence electrons. The van der Waals surface area contributed by atoms with Crippen LogP contribution in [0.25, 0.3) is 22.2 Å². The van der Waals surface area contributed by atoms with E-state index in [0.717, 1.165) is 6.07 Å². The molecule has 6 amide bonds. The largest absolute Gasteiger partial charge is 0.465 e. The Kier molecular flexibility index (Phi) is 12.9. The standard InChI is InChI=1S/C45H51F2N7O9/c1-23(2)37(50-44(59)61-5)41(57)52-15-7-9-33(52)39(55)48-29-12-14-32-25(19-29)20-35-31-13-11-30(22-36(31)63-43(54(32)35)26-17-27(46)21-28(47)18-26)49-40(56)34-10-8-16-53(34)42(58)38(24(3)4)51-45(60)62-6/h11-14,17-24,33-34,37-38,43H,7-10,15-16H2,1-6H3,(H,48,55)(H,49,56)(H,50,59)(H,51,60)/t33-,34-,37-,38-,43?/m0/s1. The third-order valence-electron chi connectivity index (χ3n) is 11.7. The average molecular weight is 872 g/mol. The summed E-state index contributed by atoms with van der Waals surface area (Å²) in [4.78, 5) is 81.7. The number of aromatic nitrogens is 1. The predicted molar refractivity (Wildman–Crippen MR) is 228 cm³/mol. The fourth-order valence-corrected chi connectivity index (χ4v) is 8.60. The molecular formula is C45H51F2N7O9. The number of nitrogens with zero attached hydrogens (tertiary/aromatic N) is 3. The number of nitrogens with one attached hydrogen (secondary N) is 4. The first kappa shape index (κ1) is 44.3. The quantitative estimate of drug-likeness (QED) is 0.137. The maximum Gasteiger partial charge on any atom is 0.407 e. The number of rotatable bonds is 11. The van der Waals surface area contributed by atoms with E-state index < -0.39 is 71.9 Å². The molecule has 3 aromatic carbocycles. The number of anilines is 2. The third kappa shape index (κ3) is 9.11. The van der Waals surface area contributed by atoms with Crippen molar-refractivity contribution in [2.75, 3.05) is 37.9 Å². The molecule has 7 rings (SSSR count). The monoisotopic (exact) mass is 871 g/mol. The number of ether oxygens (including phenoxy) is 3. The SMILES string of the molecule is COC(=O)N[C@H](C(=O)N1CCC[C@H]1C(=O)Nc1ccc2c(c1)OC(c1cc(F)cc(F)c1)n1c-2cc2cc(NC(=O)[C@@H]3CCCN3C(=O)[C@@H](NC(=O)OC)C(C)C)ccc21)C(C)C. The zero-order valence-corrected chi connectivity index (χ0v) is 35.8. The molecule has 2 saturated heterocycles. The fraction of sp³-hybridized carbons (Fsp3) is 0.422. The van der Waals surface area contributed by atoms with Gasteiger partial charge in [-0.15, -0.1) is 0 Å². The molecule has 3 aliphatic heterocycles. The van der Waals surface area contributed by atoms with Crippen molar-refractivity contribution in [3.8, 4) is 17.0 Å². The van der Waals surface area contributed by atoms with Crippen LogP contribution in [0.4, 0.5) is 29.7 Å². The zero-order valence-electron chi connectivity index (χ0n) is 35.8. The van der Waals surface area contributed by atoms with Crippen molar-refractivity contribution < 1.29 is 51.8 Å². The molecule has 0 bridgehead atoms. The summed E-state index contributed by atoms with van der Waals surface area (Å²) in [5.41, 5.74) is 2.82. The molecule has 63 heavy (non-hydrogen) atoms. The summed E-state index contributed by atoms with van der Waals surface area (Å²) in [5.74, 6) is -3.47. The lowest BCUT2D eigenvalue weighted by Gasteiger charge is -2.31. The smallest absolute Gasteiger partial charge is 0.407 e. The molecular weight excluding hydrogens is 821 g/mol. The summed E-state index contributed by atoms with van der Waals surface area (Å²) in [6.45, 7) is 7.82. The van der Waals surface area contributed by atoms with Crippen LogP contribution >= 0.6 is 0 Å². The Morgan fingerprint density at radius 3 is 1.70 bits per heavy atom. The molecule has 2 fully saturated rings. The number of hydrogen-bond donors (Lipinski definition) is 4. The van der Waals surface area contributed by atoms with Gasteiger partial charge in [0.15, 0.2) is 0 Å². The first-order chi connectivity index (χ1) is 30.1. The number of carbonyl (C=O) groups is 6. The molecule has 0 spiro atoms. The van der Waals surface area contributed by atoms with Gasteiger partial charge in [-0.25, -0.2) is 18.4 Å². The summed E-state index contributed by atoms with van der Waals surface area (Å²) in [6, 6.07) is 11.8. The second kappa shape index (κ2) is 18.3. The maximum absolute atomic E-state index is 14.8. The third-order valence-corrected chi connectivity index (χ3v) is 11.7. The molecule has 0 radical (unpaired) electrons. The van der Waals surface area contributed by atoms with Crippen molar-refractivity contribution in [2.24, 2.45) is 11.8 Å². The van der Waals surface area contributed by atoms with Crippen LogP contribution in [0.1, 0.15) is 65.2 Å². The van der Waals surface area contributed by atoms with Crippen molar-refractivity contribution in [3.63, 3.8) is 0 Å². The van der Waals surface area contributed by atoms with Gasteiger partial charge >= 0.3 is 12.2 Å². The number of halogens is 2. The molecule has 16 nitrogen and oxygen atoms in total. The Bertz CT molecular complexity index is 2440. The van der Waals surface area contributed by atoms with Gasteiger partial charge in [-0.3, -0.25) is 19.2 Å². The highest BCUT2D eigenvalue weighted by molar-refractivity contribution is 6.02. The molecule has 5 atom stereocenters. The summed E-state index contributed by atoms with van der Waals surface area (Å²) in [7, 11) is 2.42. The number of benzene rings is 3. The lowest BCUT2D eigenvalue weighted by atomic mass is 10.0. The predicted octanol–water partition coefficient (Wildman–Crippen LogP) is 6.15. The van der Waals surface area contributed by atoms with Gasteiger partial charge in [0.05, 0.1) is 25.4 Å². The Labute approximate surface area is 362 Å². The molecule has 0 aliphatic carbocycles. The Balaban J connectivity index is 1.16. The topological polar surface area (TPSA) is 190 Å². The highest BCUT2D eigenvalue weighted by Crippen LogP contribution is 2.46. The normalized spacial score (nSPS) is 18.9. The number of amides is 6. The van der Waals surface area contributed by atoms with Crippen LogP contribution in [0, 0.1) is 23.5 Å². The van der Waals surface area contributed by atoms with Crippen molar-refractivity contribution in [3.05, 3.63) is 77.9 Å². The minimum absolute atomic E-state index is 0.177. The lowest BCUT2D eigenvalue weighted by Crippen LogP contribution is -2.54. The minimum atomic E-state index is -1.06. The van der Waals surface area contributed by atoms with Crippen molar-refractivity contribution in [2.45, 2.75) is 83.8 Å². The molecule has 0 saturated carbocycles. The maximum atomic E-state index is 14.8. The van der Waals surface area contributed by atoms with Crippen LogP contribution < -0.4 is 26.0 Å². The van der Waals surface area contributed by atoms with Gasteiger partial charge < -0.3 is 49.8 Å². The highest BCUT2D eigenvalue weighted by atomic mass is 19.1. The number of alkyl carbamates (subject to hydrolysis) is 2. The number of methoxy groups -OCH3 is 2.